The molecule has 0 amide bonds. The molecule has 0 radical (unpaired) electrons. The zero-order valence-corrected chi connectivity index (χ0v) is 20.0. The van der Waals surface area contributed by atoms with Crippen molar-refractivity contribution >= 4 is 17.3 Å². The minimum absolute atomic E-state index is 0.00180. The van der Waals surface area contributed by atoms with Gasteiger partial charge in [-0.3, -0.25) is 9.69 Å². The Morgan fingerprint density at radius 3 is 2.73 bits per heavy atom. The second kappa shape index (κ2) is 10.7. The minimum Gasteiger partial charge on any atom is -0.489 e. The van der Waals surface area contributed by atoms with Crippen molar-refractivity contribution in [2.45, 2.75) is 52.3 Å². The Balaban J connectivity index is 1.34. The quantitative estimate of drug-likeness (QED) is 0.434. The minimum atomic E-state index is -0.849. The van der Waals surface area contributed by atoms with Gasteiger partial charge >= 0.3 is 5.97 Å². The van der Waals surface area contributed by atoms with Crippen LogP contribution in [0.1, 0.15) is 51.3 Å². The fourth-order valence-corrected chi connectivity index (χ4v) is 5.35. The van der Waals surface area contributed by atoms with E-state index in [0.717, 1.165) is 42.9 Å². The predicted octanol–water partition coefficient (Wildman–Crippen LogP) is 5.78. The lowest BCUT2D eigenvalue weighted by atomic mass is 9.96. The number of carboxylic acid groups (broad SMARTS) is 1. The SMILES string of the molecule is CC#CC(CC(=O)O)c1ccc(OCc2cccc(CN3CCc4sc(C)cc4C3)c2)cc1. The van der Waals surface area contributed by atoms with Crippen LogP contribution in [0.25, 0.3) is 0 Å². The van der Waals surface area contributed by atoms with Crippen molar-refractivity contribution in [3.8, 4) is 17.6 Å². The van der Waals surface area contributed by atoms with Crippen molar-refractivity contribution in [2.24, 2.45) is 0 Å². The zero-order chi connectivity index (χ0) is 23.2. The summed E-state index contributed by atoms with van der Waals surface area (Å²) < 4.78 is 6.00. The number of fused-ring (bicyclic) bond motifs is 1. The molecule has 1 N–H and O–H groups in total. The van der Waals surface area contributed by atoms with Gasteiger partial charge in [0.1, 0.15) is 12.4 Å². The Morgan fingerprint density at radius 2 is 1.97 bits per heavy atom. The van der Waals surface area contributed by atoms with Crippen molar-refractivity contribution in [3.63, 3.8) is 0 Å². The number of carboxylic acids is 1. The molecule has 2 aromatic carbocycles. The number of nitrogens with zero attached hydrogens (tertiary/aromatic N) is 1. The van der Waals surface area contributed by atoms with Crippen molar-refractivity contribution in [1.82, 2.24) is 4.90 Å². The monoisotopic (exact) mass is 459 g/mol. The number of carbonyl (C=O) groups is 1. The maximum absolute atomic E-state index is 11.1. The summed E-state index contributed by atoms with van der Waals surface area (Å²) in [6.07, 6.45) is 1.14. The van der Waals surface area contributed by atoms with Gasteiger partial charge in [-0.15, -0.1) is 17.3 Å². The molecule has 2 heterocycles. The van der Waals surface area contributed by atoms with E-state index in [2.05, 4.69) is 54.0 Å². The Labute approximate surface area is 199 Å². The first-order chi connectivity index (χ1) is 16.0. The van der Waals surface area contributed by atoms with Crippen LogP contribution in [-0.4, -0.2) is 22.5 Å². The topological polar surface area (TPSA) is 49.8 Å². The van der Waals surface area contributed by atoms with Crippen LogP contribution in [-0.2, 0) is 30.9 Å². The van der Waals surface area contributed by atoms with Crippen molar-refractivity contribution in [1.29, 1.82) is 0 Å². The highest BCUT2D eigenvalue weighted by Gasteiger charge is 2.18. The molecule has 4 nitrogen and oxygen atoms in total. The molecule has 0 spiro atoms. The summed E-state index contributed by atoms with van der Waals surface area (Å²) >= 11 is 1.94. The number of aryl methyl sites for hydroxylation is 1. The molecule has 170 valence electrons. The number of thiophene rings is 1. The van der Waals surface area contributed by atoms with E-state index in [9.17, 15) is 4.79 Å². The predicted molar refractivity (Wildman–Crippen MR) is 133 cm³/mol. The molecule has 5 heteroatoms. The first kappa shape index (κ1) is 23.1. The van der Waals surface area contributed by atoms with Gasteiger partial charge in [-0.2, -0.15) is 0 Å². The van der Waals surface area contributed by atoms with E-state index < -0.39 is 5.97 Å². The van der Waals surface area contributed by atoms with Gasteiger partial charge in [0, 0.05) is 29.4 Å². The molecule has 1 aliphatic heterocycles. The fraction of sp³-hybridized carbons (Fsp3) is 0.321. The van der Waals surface area contributed by atoms with Gasteiger partial charge in [0.05, 0.1) is 12.3 Å². The molecule has 33 heavy (non-hydrogen) atoms. The molecular weight excluding hydrogens is 430 g/mol. The van der Waals surface area contributed by atoms with Crippen LogP contribution in [0.4, 0.5) is 0 Å². The van der Waals surface area contributed by atoms with Crippen LogP contribution in [0.15, 0.2) is 54.6 Å². The Morgan fingerprint density at radius 1 is 1.18 bits per heavy atom. The summed E-state index contributed by atoms with van der Waals surface area (Å²) in [6.45, 7) is 7.49. The van der Waals surface area contributed by atoms with Crippen molar-refractivity contribution in [2.75, 3.05) is 6.54 Å². The van der Waals surface area contributed by atoms with Crippen LogP contribution >= 0.6 is 11.3 Å². The zero-order valence-electron chi connectivity index (χ0n) is 19.1. The van der Waals surface area contributed by atoms with Crippen LogP contribution in [0.3, 0.4) is 0 Å². The van der Waals surface area contributed by atoms with Crippen LogP contribution in [0.2, 0.25) is 0 Å². The smallest absolute Gasteiger partial charge is 0.304 e. The molecule has 0 saturated heterocycles. The third kappa shape index (κ3) is 6.25. The summed E-state index contributed by atoms with van der Waals surface area (Å²) in [5.41, 5.74) is 4.83. The molecule has 0 saturated carbocycles. The largest absolute Gasteiger partial charge is 0.489 e. The van der Waals surface area contributed by atoms with E-state index in [1.807, 2.05) is 35.6 Å². The van der Waals surface area contributed by atoms with E-state index in [1.165, 1.54) is 16.0 Å². The number of benzene rings is 2. The molecule has 3 aromatic rings. The van der Waals surface area contributed by atoms with Gasteiger partial charge in [0.15, 0.2) is 0 Å². The number of ether oxygens (including phenoxy) is 1. The maximum atomic E-state index is 11.1. The van der Waals surface area contributed by atoms with Gasteiger partial charge in [0.2, 0.25) is 0 Å². The molecule has 1 unspecified atom stereocenters. The van der Waals surface area contributed by atoms with Gasteiger partial charge < -0.3 is 9.84 Å². The lowest BCUT2D eigenvalue weighted by Gasteiger charge is -2.27. The molecule has 4 rings (SSSR count). The number of aliphatic carboxylic acids is 1. The summed E-state index contributed by atoms with van der Waals surface area (Å²) in [5, 5.41) is 9.11. The molecule has 1 atom stereocenters. The molecule has 0 fully saturated rings. The van der Waals surface area contributed by atoms with Crippen molar-refractivity contribution in [3.05, 3.63) is 86.6 Å². The second-order valence-corrected chi connectivity index (χ2v) is 9.83. The Bertz CT molecular complexity index is 1170. The van der Waals surface area contributed by atoms with E-state index in [4.69, 9.17) is 9.84 Å². The molecule has 0 aliphatic carbocycles. The van der Waals surface area contributed by atoms with Crippen LogP contribution in [0, 0.1) is 18.8 Å². The highest BCUT2D eigenvalue weighted by molar-refractivity contribution is 7.12. The standard InChI is InChI=1S/C28H29NO3S/c1-3-5-24(16-28(30)31)23-8-10-26(11-9-23)32-19-22-7-4-6-21(15-22)17-29-13-12-27-25(18-29)14-20(2)33-27/h4,6-11,14-15,24H,12-13,16-19H2,1-2H3,(H,30,31). The van der Waals surface area contributed by atoms with Gasteiger partial charge in [-0.1, -0.05) is 42.3 Å². The van der Waals surface area contributed by atoms with Gasteiger partial charge in [-0.25, -0.2) is 0 Å². The lowest BCUT2D eigenvalue weighted by Crippen LogP contribution is -2.29. The first-order valence-electron chi connectivity index (χ1n) is 11.3. The maximum Gasteiger partial charge on any atom is 0.304 e. The number of rotatable bonds is 8. The van der Waals surface area contributed by atoms with Crippen molar-refractivity contribution < 1.29 is 14.6 Å². The van der Waals surface area contributed by atoms with E-state index in [0.29, 0.717) is 6.61 Å². The van der Waals surface area contributed by atoms with Crippen LogP contribution in [0.5, 0.6) is 5.75 Å². The third-order valence-electron chi connectivity index (χ3n) is 5.85. The van der Waals surface area contributed by atoms with E-state index in [1.54, 1.807) is 11.8 Å². The molecule has 1 aromatic heterocycles. The molecule has 1 aliphatic rings. The summed E-state index contributed by atoms with van der Waals surface area (Å²) in [7, 11) is 0. The fourth-order valence-electron chi connectivity index (χ4n) is 4.32. The summed E-state index contributed by atoms with van der Waals surface area (Å²) in [5.74, 6) is 5.42. The first-order valence-corrected chi connectivity index (χ1v) is 12.1. The third-order valence-corrected chi connectivity index (χ3v) is 7.00. The number of hydrogen-bond acceptors (Lipinski definition) is 4. The summed E-state index contributed by atoms with van der Waals surface area (Å²) in [6, 6.07) is 18.5. The highest BCUT2D eigenvalue weighted by Crippen LogP contribution is 2.28. The molecular formula is C28H29NO3S. The van der Waals surface area contributed by atoms with E-state index >= 15 is 0 Å². The average Bonchev–Trinajstić information content (AvgIpc) is 3.17. The van der Waals surface area contributed by atoms with Gasteiger partial charge in [0.25, 0.3) is 0 Å². The average molecular weight is 460 g/mol. The number of hydrogen-bond donors (Lipinski definition) is 1. The normalized spacial score (nSPS) is 14.1. The Hall–Kier alpha value is -3.07. The summed E-state index contributed by atoms with van der Waals surface area (Å²) in [4.78, 5) is 16.6. The second-order valence-electron chi connectivity index (χ2n) is 8.49. The van der Waals surface area contributed by atoms with Gasteiger partial charge in [-0.05, 0) is 60.7 Å². The lowest BCUT2D eigenvalue weighted by molar-refractivity contribution is -0.137. The van der Waals surface area contributed by atoms with E-state index in [-0.39, 0.29) is 12.3 Å². The van der Waals surface area contributed by atoms with Crippen LogP contribution < -0.4 is 4.74 Å². The Kier molecular flexibility index (Phi) is 7.49. The highest BCUT2D eigenvalue weighted by atomic mass is 32.1. The molecule has 0 bridgehead atoms.